The molecule has 2 rings (SSSR count). The van der Waals surface area contributed by atoms with Crippen molar-refractivity contribution >= 4 is 40.8 Å². The lowest BCUT2D eigenvalue weighted by atomic mass is 10.2. The number of amides is 1. The van der Waals surface area contributed by atoms with Crippen LogP contribution in [0.1, 0.15) is 16.1 Å². The summed E-state index contributed by atoms with van der Waals surface area (Å²) in [5, 5.41) is 2.82. The average molecular weight is 339 g/mol. The minimum atomic E-state index is -0.813. The zero-order valence-corrected chi connectivity index (χ0v) is 13.1. The number of carbonyl (C=O) groups excluding carboxylic acids is 2. The molecule has 0 fully saturated rings. The number of aromatic nitrogens is 1. The molecule has 0 unspecified atom stereocenters. The monoisotopic (exact) mass is 338 g/mol. The highest BCUT2D eigenvalue weighted by atomic mass is 35.5. The summed E-state index contributed by atoms with van der Waals surface area (Å²) in [5.41, 5.74) is 1.56. The summed E-state index contributed by atoms with van der Waals surface area (Å²) in [7, 11) is 0. The van der Waals surface area contributed by atoms with Gasteiger partial charge in [-0.25, -0.2) is 9.78 Å². The molecular formula is C15H12Cl2N2O3. The van der Waals surface area contributed by atoms with E-state index in [4.69, 9.17) is 27.9 Å². The molecule has 1 N–H and O–H groups in total. The molecule has 114 valence electrons. The molecule has 5 nitrogen and oxygen atoms in total. The summed E-state index contributed by atoms with van der Waals surface area (Å²) in [4.78, 5) is 27.3. The van der Waals surface area contributed by atoms with Crippen LogP contribution in [0, 0.1) is 6.92 Å². The van der Waals surface area contributed by atoms with Crippen LogP contribution in [0.4, 0.5) is 5.69 Å². The molecule has 1 aromatic carbocycles. The van der Waals surface area contributed by atoms with E-state index in [2.05, 4.69) is 10.3 Å². The molecule has 0 spiro atoms. The largest absolute Gasteiger partial charge is 0.451 e. The Labute approximate surface area is 137 Å². The van der Waals surface area contributed by atoms with Gasteiger partial charge in [-0.1, -0.05) is 40.9 Å². The standard InChI is InChI=1S/C15H12Cl2N2O3/c1-9-2-4-10(5-3-9)18-13(20)8-22-15(21)14-11(16)6-7-12(17)19-14/h2-7H,8H2,1H3,(H,18,20). The van der Waals surface area contributed by atoms with Crippen molar-refractivity contribution in [3.05, 3.63) is 57.8 Å². The third kappa shape index (κ3) is 4.44. The maximum atomic E-state index is 11.8. The second-order valence-corrected chi connectivity index (χ2v) is 5.25. The first kappa shape index (κ1) is 16.3. The molecule has 1 heterocycles. The second kappa shape index (κ2) is 7.24. The van der Waals surface area contributed by atoms with E-state index < -0.39 is 18.5 Å². The Morgan fingerprint density at radius 3 is 2.50 bits per heavy atom. The number of aryl methyl sites for hydroxylation is 1. The van der Waals surface area contributed by atoms with Gasteiger partial charge in [-0.05, 0) is 31.2 Å². The van der Waals surface area contributed by atoms with Crippen molar-refractivity contribution in [2.75, 3.05) is 11.9 Å². The molecule has 0 aliphatic heterocycles. The van der Waals surface area contributed by atoms with Gasteiger partial charge in [-0.15, -0.1) is 0 Å². The van der Waals surface area contributed by atoms with Gasteiger partial charge in [-0.3, -0.25) is 4.79 Å². The number of nitrogens with zero attached hydrogens (tertiary/aromatic N) is 1. The van der Waals surface area contributed by atoms with Crippen molar-refractivity contribution in [3.8, 4) is 0 Å². The predicted molar refractivity (Wildman–Crippen MR) is 84.3 cm³/mol. The highest BCUT2D eigenvalue weighted by Gasteiger charge is 2.16. The van der Waals surface area contributed by atoms with E-state index in [0.717, 1.165) is 5.56 Å². The van der Waals surface area contributed by atoms with Gasteiger partial charge in [0.1, 0.15) is 5.15 Å². The number of esters is 1. The van der Waals surface area contributed by atoms with Gasteiger partial charge in [0, 0.05) is 5.69 Å². The molecule has 0 atom stereocenters. The molecule has 0 saturated heterocycles. The van der Waals surface area contributed by atoms with Gasteiger partial charge in [0.25, 0.3) is 5.91 Å². The van der Waals surface area contributed by atoms with E-state index in [0.29, 0.717) is 5.69 Å². The van der Waals surface area contributed by atoms with Gasteiger partial charge >= 0.3 is 5.97 Å². The summed E-state index contributed by atoms with van der Waals surface area (Å²) in [6, 6.07) is 10.1. The minimum absolute atomic E-state index is 0.105. The quantitative estimate of drug-likeness (QED) is 0.684. The minimum Gasteiger partial charge on any atom is -0.451 e. The van der Waals surface area contributed by atoms with Crippen LogP contribution in [0.25, 0.3) is 0 Å². The van der Waals surface area contributed by atoms with Crippen LogP contribution in [0.15, 0.2) is 36.4 Å². The number of rotatable bonds is 4. The van der Waals surface area contributed by atoms with Gasteiger partial charge in [0.2, 0.25) is 0 Å². The highest BCUT2D eigenvalue weighted by Crippen LogP contribution is 2.17. The number of benzene rings is 1. The van der Waals surface area contributed by atoms with Crippen LogP contribution in [-0.4, -0.2) is 23.5 Å². The topological polar surface area (TPSA) is 68.3 Å². The summed E-state index contributed by atoms with van der Waals surface area (Å²) >= 11 is 11.5. The summed E-state index contributed by atoms with van der Waals surface area (Å²) < 4.78 is 4.87. The van der Waals surface area contributed by atoms with E-state index in [-0.39, 0.29) is 15.9 Å². The van der Waals surface area contributed by atoms with Gasteiger partial charge in [-0.2, -0.15) is 0 Å². The summed E-state index contributed by atoms with van der Waals surface area (Å²) in [6.45, 7) is 1.49. The maximum Gasteiger partial charge on any atom is 0.359 e. The van der Waals surface area contributed by atoms with Crippen molar-refractivity contribution in [2.24, 2.45) is 0 Å². The molecule has 22 heavy (non-hydrogen) atoms. The first-order valence-electron chi connectivity index (χ1n) is 6.31. The van der Waals surface area contributed by atoms with E-state index in [1.54, 1.807) is 12.1 Å². The van der Waals surface area contributed by atoms with E-state index >= 15 is 0 Å². The number of anilines is 1. The van der Waals surface area contributed by atoms with E-state index in [1.807, 2.05) is 19.1 Å². The number of pyridine rings is 1. The summed E-state index contributed by atoms with van der Waals surface area (Å²) in [5.74, 6) is -1.28. The summed E-state index contributed by atoms with van der Waals surface area (Å²) in [6.07, 6.45) is 0. The van der Waals surface area contributed by atoms with E-state index in [1.165, 1.54) is 12.1 Å². The lowest BCUT2D eigenvalue weighted by Crippen LogP contribution is -2.21. The van der Waals surface area contributed by atoms with Crippen LogP contribution in [0.3, 0.4) is 0 Å². The Bertz CT molecular complexity index is 702. The highest BCUT2D eigenvalue weighted by molar-refractivity contribution is 6.34. The Morgan fingerprint density at radius 2 is 1.82 bits per heavy atom. The zero-order valence-electron chi connectivity index (χ0n) is 11.6. The Balaban J connectivity index is 1.91. The molecule has 7 heteroatoms. The maximum absolute atomic E-state index is 11.8. The second-order valence-electron chi connectivity index (χ2n) is 4.45. The zero-order chi connectivity index (χ0) is 16.1. The Kier molecular flexibility index (Phi) is 5.35. The fourth-order valence-electron chi connectivity index (χ4n) is 1.59. The lowest BCUT2D eigenvalue weighted by Gasteiger charge is -2.07. The lowest BCUT2D eigenvalue weighted by molar-refractivity contribution is -0.119. The fourth-order valence-corrected chi connectivity index (χ4v) is 1.92. The molecule has 2 aromatic rings. The molecule has 1 aromatic heterocycles. The van der Waals surface area contributed by atoms with Crippen LogP contribution in [0.2, 0.25) is 10.2 Å². The normalized spacial score (nSPS) is 10.1. The smallest absolute Gasteiger partial charge is 0.359 e. The molecule has 1 amide bonds. The number of carbonyl (C=O) groups is 2. The van der Waals surface area contributed by atoms with Gasteiger partial charge in [0.15, 0.2) is 12.3 Å². The molecule has 0 radical (unpaired) electrons. The SMILES string of the molecule is Cc1ccc(NC(=O)COC(=O)c2nc(Cl)ccc2Cl)cc1. The Hall–Kier alpha value is -2.11. The Morgan fingerprint density at radius 1 is 1.14 bits per heavy atom. The number of hydrogen-bond acceptors (Lipinski definition) is 4. The van der Waals surface area contributed by atoms with Crippen molar-refractivity contribution in [1.82, 2.24) is 4.98 Å². The van der Waals surface area contributed by atoms with Crippen molar-refractivity contribution < 1.29 is 14.3 Å². The van der Waals surface area contributed by atoms with Crippen LogP contribution in [0.5, 0.6) is 0 Å². The number of hydrogen-bond donors (Lipinski definition) is 1. The average Bonchev–Trinajstić information content (AvgIpc) is 2.49. The van der Waals surface area contributed by atoms with Crippen molar-refractivity contribution in [2.45, 2.75) is 6.92 Å². The van der Waals surface area contributed by atoms with Crippen molar-refractivity contribution in [1.29, 1.82) is 0 Å². The first-order valence-corrected chi connectivity index (χ1v) is 7.07. The fraction of sp³-hybridized carbons (Fsp3) is 0.133. The third-order valence-electron chi connectivity index (χ3n) is 2.68. The predicted octanol–water partition coefficient (Wildman–Crippen LogP) is 3.49. The third-order valence-corrected chi connectivity index (χ3v) is 3.19. The molecule has 0 saturated carbocycles. The molecule has 0 aliphatic rings. The van der Waals surface area contributed by atoms with Crippen LogP contribution < -0.4 is 5.32 Å². The number of halogens is 2. The number of nitrogens with one attached hydrogen (secondary N) is 1. The van der Waals surface area contributed by atoms with Crippen LogP contribution >= 0.6 is 23.2 Å². The number of ether oxygens (including phenoxy) is 1. The van der Waals surface area contributed by atoms with Crippen molar-refractivity contribution in [3.63, 3.8) is 0 Å². The van der Waals surface area contributed by atoms with Crippen LogP contribution in [-0.2, 0) is 9.53 Å². The van der Waals surface area contributed by atoms with Gasteiger partial charge in [0.05, 0.1) is 5.02 Å². The molecule has 0 bridgehead atoms. The first-order chi connectivity index (χ1) is 10.5. The molecular weight excluding hydrogens is 327 g/mol. The van der Waals surface area contributed by atoms with E-state index in [9.17, 15) is 9.59 Å². The van der Waals surface area contributed by atoms with Gasteiger partial charge < -0.3 is 10.1 Å². The molecule has 0 aliphatic carbocycles.